The van der Waals surface area contributed by atoms with Crippen LogP contribution in [0.25, 0.3) is 0 Å². The summed E-state index contributed by atoms with van der Waals surface area (Å²) < 4.78 is 5.56. The third kappa shape index (κ3) is 3.85. The highest BCUT2D eigenvalue weighted by molar-refractivity contribution is 5.99. The number of hydrogen-bond acceptors (Lipinski definition) is 5. The van der Waals surface area contributed by atoms with Crippen molar-refractivity contribution in [3.05, 3.63) is 42.1 Å². The number of amides is 1. The van der Waals surface area contributed by atoms with Crippen LogP contribution in [0.1, 0.15) is 24.2 Å². The fraction of sp³-hybridized carbons (Fsp3) is 0.200. The van der Waals surface area contributed by atoms with Crippen molar-refractivity contribution < 1.29 is 9.53 Å². The number of rotatable bonds is 5. The van der Waals surface area contributed by atoms with Crippen molar-refractivity contribution in [1.82, 2.24) is 4.98 Å². The van der Waals surface area contributed by atoms with E-state index in [-0.39, 0.29) is 11.7 Å². The molecule has 0 bridgehead atoms. The molecule has 1 aromatic heterocycles. The predicted octanol–water partition coefficient (Wildman–Crippen LogP) is 2.29. The van der Waals surface area contributed by atoms with Gasteiger partial charge in [0.05, 0.1) is 23.6 Å². The number of aromatic nitrogens is 1. The Morgan fingerprint density at radius 3 is 2.52 bits per heavy atom. The molecule has 2 aromatic rings. The standard InChI is InChI=1S/C15H18N4O2/c1-9(2)21-12-5-3-11(4-6-12)19-15-13(14(17)20)7-10(16)8-18-15/h3-9H,16H2,1-2H3,(H2,17,20)(H,18,19). The Bertz CT molecular complexity index is 639. The maximum absolute atomic E-state index is 11.4. The van der Waals surface area contributed by atoms with Crippen molar-refractivity contribution in [3.8, 4) is 5.75 Å². The summed E-state index contributed by atoms with van der Waals surface area (Å²) in [7, 11) is 0. The van der Waals surface area contributed by atoms with Gasteiger partial charge in [0.2, 0.25) is 0 Å². The van der Waals surface area contributed by atoms with E-state index in [1.165, 1.54) is 12.3 Å². The van der Waals surface area contributed by atoms with Gasteiger partial charge in [-0.05, 0) is 44.2 Å². The lowest BCUT2D eigenvalue weighted by molar-refractivity contribution is 0.100. The Kier molecular flexibility index (Phi) is 4.27. The third-order valence-corrected chi connectivity index (χ3v) is 2.66. The van der Waals surface area contributed by atoms with Gasteiger partial charge in [0.1, 0.15) is 11.6 Å². The van der Waals surface area contributed by atoms with Gasteiger partial charge in [-0.1, -0.05) is 0 Å². The molecule has 6 heteroatoms. The minimum Gasteiger partial charge on any atom is -0.491 e. The SMILES string of the molecule is CC(C)Oc1ccc(Nc2ncc(N)cc2C(N)=O)cc1. The third-order valence-electron chi connectivity index (χ3n) is 2.66. The van der Waals surface area contributed by atoms with E-state index in [1.54, 1.807) is 0 Å². The molecule has 0 aliphatic rings. The smallest absolute Gasteiger partial charge is 0.252 e. The molecule has 0 aliphatic heterocycles. The lowest BCUT2D eigenvalue weighted by Crippen LogP contribution is -2.14. The van der Waals surface area contributed by atoms with Crippen LogP contribution in [0.2, 0.25) is 0 Å². The van der Waals surface area contributed by atoms with E-state index in [0.717, 1.165) is 11.4 Å². The summed E-state index contributed by atoms with van der Waals surface area (Å²) in [6.45, 7) is 3.92. The molecule has 0 atom stereocenters. The zero-order chi connectivity index (χ0) is 15.4. The first kappa shape index (κ1) is 14.6. The fourth-order valence-electron chi connectivity index (χ4n) is 1.79. The molecular formula is C15H18N4O2. The summed E-state index contributed by atoms with van der Waals surface area (Å²) in [6, 6.07) is 8.84. The van der Waals surface area contributed by atoms with E-state index in [9.17, 15) is 4.79 Å². The van der Waals surface area contributed by atoms with Gasteiger partial charge in [-0.2, -0.15) is 0 Å². The molecule has 6 nitrogen and oxygen atoms in total. The largest absolute Gasteiger partial charge is 0.491 e. The van der Waals surface area contributed by atoms with Crippen LogP contribution in [0.3, 0.4) is 0 Å². The first-order valence-corrected chi connectivity index (χ1v) is 6.55. The van der Waals surface area contributed by atoms with Crippen molar-refractivity contribution in [2.45, 2.75) is 20.0 Å². The van der Waals surface area contributed by atoms with Gasteiger partial charge in [0.25, 0.3) is 5.91 Å². The van der Waals surface area contributed by atoms with Gasteiger partial charge in [-0.15, -0.1) is 0 Å². The first-order chi connectivity index (χ1) is 9.95. The number of benzene rings is 1. The van der Waals surface area contributed by atoms with Crippen LogP contribution in [0.4, 0.5) is 17.2 Å². The predicted molar refractivity (Wildman–Crippen MR) is 82.7 cm³/mol. The summed E-state index contributed by atoms with van der Waals surface area (Å²) in [6.07, 6.45) is 1.58. The van der Waals surface area contributed by atoms with Crippen LogP contribution in [-0.2, 0) is 0 Å². The zero-order valence-electron chi connectivity index (χ0n) is 12.0. The number of anilines is 3. The van der Waals surface area contributed by atoms with Crippen LogP contribution >= 0.6 is 0 Å². The quantitative estimate of drug-likeness (QED) is 0.782. The summed E-state index contributed by atoms with van der Waals surface area (Å²) in [5.41, 5.74) is 12.3. The van der Waals surface area contributed by atoms with Gasteiger partial charge in [0.15, 0.2) is 0 Å². The summed E-state index contributed by atoms with van der Waals surface area (Å²) in [4.78, 5) is 15.5. The number of pyridine rings is 1. The fourth-order valence-corrected chi connectivity index (χ4v) is 1.79. The molecule has 110 valence electrons. The Labute approximate surface area is 123 Å². The second-order valence-electron chi connectivity index (χ2n) is 4.85. The van der Waals surface area contributed by atoms with Crippen molar-refractivity contribution in [2.75, 3.05) is 11.1 Å². The average molecular weight is 286 g/mol. The van der Waals surface area contributed by atoms with Gasteiger partial charge < -0.3 is 21.5 Å². The minimum atomic E-state index is -0.586. The first-order valence-electron chi connectivity index (χ1n) is 6.55. The molecule has 0 saturated carbocycles. The highest BCUT2D eigenvalue weighted by Gasteiger charge is 2.10. The molecule has 2 rings (SSSR count). The summed E-state index contributed by atoms with van der Waals surface area (Å²) in [5.74, 6) is 0.558. The van der Waals surface area contributed by atoms with E-state index in [4.69, 9.17) is 16.2 Å². The Morgan fingerprint density at radius 2 is 1.95 bits per heavy atom. The van der Waals surface area contributed by atoms with Gasteiger partial charge in [-0.3, -0.25) is 4.79 Å². The number of hydrogen-bond donors (Lipinski definition) is 3. The van der Waals surface area contributed by atoms with E-state index in [0.29, 0.717) is 11.5 Å². The molecule has 1 aromatic carbocycles. The Hall–Kier alpha value is -2.76. The maximum Gasteiger partial charge on any atom is 0.252 e. The van der Waals surface area contributed by atoms with Gasteiger partial charge in [0, 0.05) is 5.69 Å². The molecule has 21 heavy (non-hydrogen) atoms. The second kappa shape index (κ2) is 6.13. The highest BCUT2D eigenvalue weighted by atomic mass is 16.5. The molecule has 0 aliphatic carbocycles. The average Bonchev–Trinajstić information content (AvgIpc) is 2.42. The zero-order valence-corrected chi connectivity index (χ0v) is 12.0. The van der Waals surface area contributed by atoms with E-state index in [1.807, 2.05) is 38.1 Å². The number of ether oxygens (including phenoxy) is 1. The van der Waals surface area contributed by atoms with Crippen LogP contribution in [0, 0.1) is 0 Å². The number of nitrogen functional groups attached to an aromatic ring is 1. The van der Waals surface area contributed by atoms with E-state index >= 15 is 0 Å². The molecule has 0 spiro atoms. The molecule has 0 fully saturated rings. The lowest BCUT2D eigenvalue weighted by Gasteiger charge is -2.12. The molecule has 0 unspecified atom stereocenters. The molecule has 5 N–H and O–H groups in total. The molecule has 0 radical (unpaired) electrons. The minimum absolute atomic E-state index is 0.115. The monoisotopic (exact) mass is 286 g/mol. The molecule has 1 heterocycles. The lowest BCUT2D eigenvalue weighted by atomic mass is 10.2. The van der Waals surface area contributed by atoms with Crippen LogP contribution < -0.4 is 21.5 Å². The number of carbonyl (C=O) groups is 1. The molecule has 1 amide bonds. The number of carbonyl (C=O) groups excluding carboxylic acids is 1. The summed E-state index contributed by atoms with van der Waals surface area (Å²) in [5, 5.41) is 3.04. The van der Waals surface area contributed by atoms with Crippen molar-refractivity contribution in [1.29, 1.82) is 0 Å². The van der Waals surface area contributed by atoms with Crippen LogP contribution in [0.15, 0.2) is 36.5 Å². The number of primary amides is 1. The maximum atomic E-state index is 11.4. The van der Waals surface area contributed by atoms with Gasteiger partial charge >= 0.3 is 0 Å². The molecular weight excluding hydrogens is 268 g/mol. The van der Waals surface area contributed by atoms with Crippen molar-refractivity contribution in [2.24, 2.45) is 5.73 Å². The topological polar surface area (TPSA) is 103 Å². The van der Waals surface area contributed by atoms with Crippen LogP contribution in [-0.4, -0.2) is 17.0 Å². The highest BCUT2D eigenvalue weighted by Crippen LogP contribution is 2.22. The number of nitrogens with two attached hydrogens (primary N) is 2. The summed E-state index contributed by atoms with van der Waals surface area (Å²) >= 11 is 0. The van der Waals surface area contributed by atoms with Crippen LogP contribution in [0.5, 0.6) is 5.75 Å². The van der Waals surface area contributed by atoms with E-state index in [2.05, 4.69) is 10.3 Å². The van der Waals surface area contributed by atoms with Gasteiger partial charge in [-0.25, -0.2) is 4.98 Å². The number of nitrogens with one attached hydrogen (secondary N) is 1. The Balaban J connectivity index is 2.20. The molecule has 0 saturated heterocycles. The second-order valence-corrected chi connectivity index (χ2v) is 4.85. The number of nitrogens with zero attached hydrogens (tertiary/aromatic N) is 1. The van der Waals surface area contributed by atoms with Crippen molar-refractivity contribution in [3.63, 3.8) is 0 Å². The van der Waals surface area contributed by atoms with Crippen molar-refractivity contribution >= 4 is 23.1 Å². The van der Waals surface area contributed by atoms with E-state index < -0.39 is 5.91 Å². The normalized spacial score (nSPS) is 10.4. The Morgan fingerprint density at radius 1 is 1.29 bits per heavy atom.